The molecule has 0 radical (unpaired) electrons. The molecule has 0 aliphatic heterocycles. The molecule has 0 bridgehead atoms. The predicted octanol–water partition coefficient (Wildman–Crippen LogP) is 7.37. The zero-order valence-electron chi connectivity index (χ0n) is 21.6. The van der Waals surface area contributed by atoms with E-state index < -0.39 is 0 Å². The molecular formula is C32H26N4O2S. The molecule has 6 rings (SSSR count). The van der Waals surface area contributed by atoms with Crippen LogP contribution in [0.5, 0.6) is 5.75 Å². The topological polar surface area (TPSA) is 72.8 Å². The monoisotopic (exact) mass is 530 g/mol. The standard InChI is InChI=1S/C32H26N4O2S/c1-21-16-18-23(19-17-21)36-31(25-13-7-9-15-28(25)38-2)34-35-32(36)39-20-27(37)29-24-12-6-8-14-26(24)33-30(29)22-10-4-3-5-11-22/h3-19,33H,20H2,1-2H3. The number of methoxy groups -OCH3 is 1. The van der Waals surface area contributed by atoms with Gasteiger partial charge in [-0.25, -0.2) is 0 Å². The number of hydrogen-bond acceptors (Lipinski definition) is 5. The number of para-hydroxylation sites is 2. The summed E-state index contributed by atoms with van der Waals surface area (Å²) in [6.45, 7) is 2.05. The summed E-state index contributed by atoms with van der Waals surface area (Å²) in [4.78, 5) is 17.3. The number of aryl methyl sites for hydroxylation is 1. The molecule has 0 saturated heterocycles. The van der Waals surface area contributed by atoms with E-state index in [1.54, 1.807) is 7.11 Å². The van der Waals surface area contributed by atoms with Gasteiger partial charge in [-0.2, -0.15) is 0 Å². The van der Waals surface area contributed by atoms with Crippen molar-refractivity contribution in [3.63, 3.8) is 0 Å². The molecular weight excluding hydrogens is 504 g/mol. The van der Waals surface area contributed by atoms with Gasteiger partial charge in [-0.15, -0.1) is 10.2 Å². The molecule has 0 unspecified atom stereocenters. The molecule has 0 aliphatic rings. The largest absolute Gasteiger partial charge is 0.496 e. The van der Waals surface area contributed by atoms with E-state index >= 15 is 0 Å². The highest BCUT2D eigenvalue weighted by Gasteiger charge is 2.23. The number of carbonyl (C=O) groups excluding carboxylic acids is 1. The number of carbonyl (C=O) groups is 1. The van der Waals surface area contributed by atoms with Crippen LogP contribution in [0.25, 0.3) is 39.2 Å². The van der Waals surface area contributed by atoms with Crippen molar-refractivity contribution in [2.75, 3.05) is 12.9 Å². The third-order valence-corrected chi connectivity index (χ3v) is 7.58. The van der Waals surface area contributed by atoms with E-state index in [1.165, 1.54) is 11.8 Å². The van der Waals surface area contributed by atoms with Crippen molar-refractivity contribution in [2.45, 2.75) is 12.1 Å². The summed E-state index contributed by atoms with van der Waals surface area (Å²) < 4.78 is 7.61. The summed E-state index contributed by atoms with van der Waals surface area (Å²) >= 11 is 1.38. The molecule has 0 atom stereocenters. The van der Waals surface area contributed by atoms with E-state index in [1.807, 2.05) is 95.6 Å². The lowest BCUT2D eigenvalue weighted by Crippen LogP contribution is -2.06. The van der Waals surface area contributed by atoms with Crippen molar-refractivity contribution in [1.29, 1.82) is 0 Å². The predicted molar refractivity (Wildman–Crippen MR) is 157 cm³/mol. The van der Waals surface area contributed by atoms with Crippen molar-refractivity contribution >= 4 is 28.4 Å². The van der Waals surface area contributed by atoms with Crippen LogP contribution in [0.15, 0.2) is 108 Å². The zero-order chi connectivity index (χ0) is 26.8. The highest BCUT2D eigenvalue weighted by molar-refractivity contribution is 7.99. The third-order valence-electron chi connectivity index (χ3n) is 6.65. The number of Topliss-reactive ketones (excluding diaryl/α,β-unsaturated/α-hetero) is 1. The van der Waals surface area contributed by atoms with Crippen LogP contribution in [0.4, 0.5) is 0 Å². The minimum atomic E-state index is 0.0219. The Morgan fingerprint density at radius 1 is 0.872 bits per heavy atom. The van der Waals surface area contributed by atoms with Crippen molar-refractivity contribution in [3.8, 4) is 34.1 Å². The van der Waals surface area contributed by atoms with Crippen LogP contribution < -0.4 is 4.74 Å². The minimum Gasteiger partial charge on any atom is -0.496 e. The van der Waals surface area contributed by atoms with Crippen LogP contribution in [0, 0.1) is 6.92 Å². The number of benzene rings is 4. The van der Waals surface area contributed by atoms with Crippen LogP contribution in [0.3, 0.4) is 0 Å². The molecule has 1 N–H and O–H groups in total. The highest BCUT2D eigenvalue weighted by Crippen LogP contribution is 2.35. The fourth-order valence-electron chi connectivity index (χ4n) is 4.75. The number of thioether (sulfide) groups is 1. The van der Waals surface area contributed by atoms with Gasteiger partial charge in [0, 0.05) is 16.6 Å². The van der Waals surface area contributed by atoms with Gasteiger partial charge in [-0.05, 0) is 42.8 Å². The summed E-state index contributed by atoms with van der Waals surface area (Å²) in [5.74, 6) is 1.59. The van der Waals surface area contributed by atoms with Crippen LogP contribution in [-0.4, -0.2) is 38.4 Å². The number of nitrogens with zero attached hydrogens (tertiary/aromatic N) is 3. The fourth-order valence-corrected chi connectivity index (χ4v) is 5.57. The Bertz CT molecular complexity index is 1770. The number of rotatable bonds is 8. The molecule has 6 nitrogen and oxygen atoms in total. The molecule has 192 valence electrons. The van der Waals surface area contributed by atoms with Crippen LogP contribution in [0.2, 0.25) is 0 Å². The molecule has 0 saturated carbocycles. The van der Waals surface area contributed by atoms with E-state index in [0.717, 1.165) is 39.0 Å². The summed E-state index contributed by atoms with van der Waals surface area (Å²) in [5, 5.41) is 10.6. The van der Waals surface area contributed by atoms with Crippen molar-refractivity contribution < 1.29 is 9.53 Å². The second-order valence-corrected chi connectivity index (χ2v) is 10.1. The van der Waals surface area contributed by atoms with Gasteiger partial charge >= 0.3 is 0 Å². The number of ether oxygens (including phenoxy) is 1. The Morgan fingerprint density at radius 2 is 1.59 bits per heavy atom. The summed E-state index contributed by atoms with van der Waals surface area (Å²) in [5.41, 5.74) is 6.33. The number of aromatic nitrogens is 4. The van der Waals surface area contributed by atoms with Gasteiger partial charge in [0.2, 0.25) is 0 Å². The average molecular weight is 531 g/mol. The van der Waals surface area contributed by atoms with E-state index in [4.69, 9.17) is 4.74 Å². The third kappa shape index (κ3) is 4.73. The van der Waals surface area contributed by atoms with Gasteiger partial charge in [0.05, 0.1) is 29.7 Å². The first-order valence-electron chi connectivity index (χ1n) is 12.6. The normalized spacial score (nSPS) is 11.1. The average Bonchev–Trinajstić information content (AvgIpc) is 3.59. The summed E-state index contributed by atoms with van der Waals surface area (Å²) in [6, 6.07) is 33.8. The SMILES string of the molecule is COc1ccccc1-c1nnc(SCC(=O)c2c(-c3ccccc3)[nH]c3ccccc23)n1-c1ccc(C)cc1. The van der Waals surface area contributed by atoms with E-state index in [-0.39, 0.29) is 11.5 Å². The Hall–Kier alpha value is -4.62. The minimum absolute atomic E-state index is 0.0219. The molecule has 6 aromatic rings. The fraction of sp³-hybridized carbons (Fsp3) is 0.0938. The Morgan fingerprint density at radius 3 is 2.38 bits per heavy atom. The van der Waals surface area contributed by atoms with Gasteiger partial charge in [0.25, 0.3) is 0 Å². The van der Waals surface area contributed by atoms with Crippen LogP contribution in [0.1, 0.15) is 15.9 Å². The molecule has 2 aromatic heterocycles. The zero-order valence-corrected chi connectivity index (χ0v) is 22.4. The van der Waals surface area contributed by atoms with Gasteiger partial charge in [-0.1, -0.05) is 90.1 Å². The molecule has 0 amide bonds. The second kappa shape index (κ2) is 10.6. The highest BCUT2D eigenvalue weighted by atomic mass is 32.2. The van der Waals surface area contributed by atoms with E-state index in [0.29, 0.717) is 22.3 Å². The first kappa shape index (κ1) is 24.7. The lowest BCUT2D eigenvalue weighted by molar-refractivity contribution is 0.102. The smallest absolute Gasteiger partial charge is 0.196 e. The van der Waals surface area contributed by atoms with Gasteiger partial charge in [0.1, 0.15) is 5.75 Å². The molecule has 7 heteroatoms. The van der Waals surface area contributed by atoms with Crippen molar-refractivity contribution in [3.05, 3.63) is 114 Å². The lowest BCUT2D eigenvalue weighted by Gasteiger charge is -2.13. The van der Waals surface area contributed by atoms with E-state index in [2.05, 4.69) is 34.2 Å². The maximum absolute atomic E-state index is 13.8. The molecule has 2 heterocycles. The quantitative estimate of drug-likeness (QED) is 0.164. The second-order valence-electron chi connectivity index (χ2n) is 9.18. The molecule has 0 fully saturated rings. The summed E-state index contributed by atoms with van der Waals surface area (Å²) in [7, 11) is 1.64. The Labute approximate surface area is 230 Å². The van der Waals surface area contributed by atoms with Crippen LogP contribution in [-0.2, 0) is 0 Å². The van der Waals surface area contributed by atoms with Crippen molar-refractivity contribution in [1.82, 2.24) is 19.7 Å². The van der Waals surface area contributed by atoms with Gasteiger partial charge in [-0.3, -0.25) is 9.36 Å². The van der Waals surface area contributed by atoms with Gasteiger partial charge in [0.15, 0.2) is 16.8 Å². The Kier molecular flexibility index (Phi) is 6.73. The van der Waals surface area contributed by atoms with E-state index in [9.17, 15) is 4.79 Å². The maximum atomic E-state index is 13.8. The maximum Gasteiger partial charge on any atom is 0.196 e. The lowest BCUT2D eigenvalue weighted by atomic mass is 10.0. The number of nitrogens with one attached hydrogen (secondary N) is 1. The number of fused-ring (bicyclic) bond motifs is 1. The molecule has 0 spiro atoms. The number of ketones is 1. The van der Waals surface area contributed by atoms with Crippen molar-refractivity contribution in [2.24, 2.45) is 0 Å². The first-order chi connectivity index (χ1) is 19.1. The molecule has 0 aliphatic carbocycles. The number of H-pyrrole nitrogens is 1. The van der Waals surface area contributed by atoms with Crippen LogP contribution >= 0.6 is 11.8 Å². The first-order valence-corrected chi connectivity index (χ1v) is 13.6. The summed E-state index contributed by atoms with van der Waals surface area (Å²) in [6.07, 6.45) is 0. The van der Waals surface area contributed by atoms with Gasteiger partial charge < -0.3 is 9.72 Å². The molecule has 4 aromatic carbocycles. The molecule has 39 heavy (non-hydrogen) atoms. The number of aromatic amines is 1. The Balaban J connectivity index is 1.39. The number of hydrogen-bond donors (Lipinski definition) is 1.